The Labute approximate surface area is 137 Å². The molecule has 1 amide bonds. The minimum atomic E-state index is -0.243. The van der Waals surface area contributed by atoms with Crippen molar-refractivity contribution in [3.8, 4) is 11.4 Å². The molecule has 3 aliphatic rings. The highest BCUT2D eigenvalue weighted by molar-refractivity contribution is 9.10. The molecule has 0 atom stereocenters. The van der Waals surface area contributed by atoms with E-state index < -0.39 is 0 Å². The van der Waals surface area contributed by atoms with E-state index in [2.05, 4.69) is 30.8 Å². The molecule has 116 valence electrons. The number of hydrogen-bond acceptors (Lipinski definition) is 5. The van der Waals surface area contributed by atoms with E-state index >= 15 is 0 Å². The number of aromatic nitrogens is 2. The predicted octanol–water partition coefficient (Wildman–Crippen LogP) is 2.62. The van der Waals surface area contributed by atoms with Gasteiger partial charge in [0.05, 0.1) is 18.0 Å². The van der Waals surface area contributed by atoms with E-state index in [0.29, 0.717) is 32.8 Å². The number of imidazole rings is 1. The predicted molar refractivity (Wildman–Crippen MR) is 87.2 cm³/mol. The van der Waals surface area contributed by atoms with Crippen LogP contribution in [-0.2, 0) is 4.74 Å². The lowest BCUT2D eigenvalue weighted by Crippen LogP contribution is -2.49. The second-order valence-electron chi connectivity index (χ2n) is 5.02. The van der Waals surface area contributed by atoms with Gasteiger partial charge in [-0.05, 0) is 31.2 Å². The monoisotopic (exact) mass is 364 g/mol. The quantitative estimate of drug-likeness (QED) is 0.819. The highest BCUT2D eigenvalue weighted by Crippen LogP contribution is 2.24. The van der Waals surface area contributed by atoms with Crippen LogP contribution < -0.4 is 4.90 Å². The molecule has 0 spiro atoms. The molecule has 0 N–H and O–H groups in total. The van der Waals surface area contributed by atoms with Gasteiger partial charge in [0.2, 0.25) is 5.95 Å². The average Bonchev–Trinajstić information content (AvgIpc) is 2.87. The number of anilines is 1. The van der Waals surface area contributed by atoms with Gasteiger partial charge in [-0.2, -0.15) is 0 Å². The summed E-state index contributed by atoms with van der Waals surface area (Å²) in [5.74, 6) is 0.723. The second-order valence-corrected chi connectivity index (χ2v) is 5.93. The molecule has 7 heteroatoms. The van der Waals surface area contributed by atoms with Gasteiger partial charge in [-0.3, -0.25) is 0 Å². The van der Waals surface area contributed by atoms with Gasteiger partial charge in [0.25, 0.3) is 0 Å². The Kier molecular flexibility index (Phi) is 4.42. The summed E-state index contributed by atoms with van der Waals surface area (Å²) in [4.78, 5) is 24.7. The van der Waals surface area contributed by atoms with E-state index in [0.717, 1.165) is 21.8 Å². The molecule has 0 saturated carbocycles. The molecule has 0 aromatic heterocycles. The average molecular weight is 365 g/mol. The van der Waals surface area contributed by atoms with Gasteiger partial charge in [-0.1, -0.05) is 15.9 Å². The topological polar surface area (TPSA) is 58.6 Å². The van der Waals surface area contributed by atoms with Crippen LogP contribution in [0.1, 0.15) is 6.92 Å². The third-order valence-electron chi connectivity index (χ3n) is 3.59. The van der Waals surface area contributed by atoms with E-state index in [1.165, 1.54) is 0 Å². The van der Waals surface area contributed by atoms with Gasteiger partial charge in [0.15, 0.2) is 0 Å². The molecule has 3 rings (SSSR count). The van der Waals surface area contributed by atoms with Gasteiger partial charge < -0.3 is 14.5 Å². The number of fused-ring (bicyclic) bond motifs is 1. The maximum absolute atomic E-state index is 11.7. The Hall–Kier alpha value is -1.89. The number of hydrogen-bond donors (Lipinski definition) is 0. The molecular formula is C15H17BrN4O2. The first-order chi connectivity index (χ1) is 10.7. The zero-order chi connectivity index (χ0) is 15.5. The molecule has 22 heavy (non-hydrogen) atoms. The Bertz CT molecular complexity index is 610. The van der Waals surface area contributed by atoms with Crippen molar-refractivity contribution in [2.24, 2.45) is 0 Å². The molecule has 0 aromatic carbocycles. The summed E-state index contributed by atoms with van der Waals surface area (Å²) in [5.41, 5.74) is 1.74. The number of ether oxygens (including phenoxy) is 1. The van der Waals surface area contributed by atoms with Gasteiger partial charge in [0.1, 0.15) is 0 Å². The van der Waals surface area contributed by atoms with Gasteiger partial charge >= 0.3 is 6.09 Å². The highest BCUT2D eigenvalue weighted by atomic mass is 79.9. The fourth-order valence-electron chi connectivity index (χ4n) is 2.42. The summed E-state index contributed by atoms with van der Waals surface area (Å²) in [5, 5.41) is 0. The first-order valence-corrected chi connectivity index (χ1v) is 8.06. The van der Waals surface area contributed by atoms with E-state index in [4.69, 9.17) is 4.74 Å². The van der Waals surface area contributed by atoms with Crippen molar-refractivity contribution in [1.82, 2.24) is 14.9 Å². The van der Waals surface area contributed by atoms with Crippen LogP contribution in [0.4, 0.5) is 10.7 Å². The summed E-state index contributed by atoms with van der Waals surface area (Å²) in [7, 11) is 0. The minimum Gasteiger partial charge on any atom is -0.450 e. The second kappa shape index (κ2) is 6.48. The van der Waals surface area contributed by atoms with Crippen LogP contribution in [-0.4, -0.2) is 53.7 Å². The number of piperazine rings is 1. The first-order valence-electron chi connectivity index (χ1n) is 7.27. The van der Waals surface area contributed by atoms with Crippen molar-refractivity contribution in [3.63, 3.8) is 0 Å². The fourth-order valence-corrected chi connectivity index (χ4v) is 2.68. The maximum Gasteiger partial charge on any atom is 0.409 e. The molecule has 1 aliphatic carbocycles. The number of nitrogens with zero attached hydrogens (tertiary/aromatic N) is 4. The van der Waals surface area contributed by atoms with Crippen LogP contribution in [0.2, 0.25) is 0 Å². The standard InChI is InChI=1S/C15H17BrN4O2/c1-2-22-15(21)20-9-7-19(8-10-20)14-17-12-5-3-11(16)4-6-13(12)18-14/h3-6H,2,7-10H2,1H3. The number of amides is 1. The molecule has 2 aliphatic heterocycles. The normalized spacial score (nSPS) is 15.2. The lowest BCUT2D eigenvalue weighted by molar-refractivity contribution is 0.105. The molecule has 0 aromatic rings. The molecule has 2 heterocycles. The zero-order valence-electron chi connectivity index (χ0n) is 12.3. The Balaban J connectivity index is 1.70. The summed E-state index contributed by atoms with van der Waals surface area (Å²) in [6.07, 6.45) is -0.243. The van der Waals surface area contributed by atoms with Crippen molar-refractivity contribution < 1.29 is 9.53 Å². The van der Waals surface area contributed by atoms with Crippen LogP contribution in [0.3, 0.4) is 0 Å². The van der Waals surface area contributed by atoms with E-state index in [-0.39, 0.29) is 6.09 Å². The van der Waals surface area contributed by atoms with Crippen LogP contribution in [0.5, 0.6) is 0 Å². The molecule has 0 unspecified atom stereocenters. The van der Waals surface area contributed by atoms with Crippen LogP contribution in [0.15, 0.2) is 28.7 Å². The lowest BCUT2D eigenvalue weighted by Gasteiger charge is -2.33. The van der Waals surface area contributed by atoms with Crippen molar-refractivity contribution >= 4 is 28.0 Å². The zero-order valence-corrected chi connectivity index (χ0v) is 13.9. The minimum absolute atomic E-state index is 0.243. The summed E-state index contributed by atoms with van der Waals surface area (Å²) < 4.78 is 6.02. The molecule has 0 radical (unpaired) electrons. The first kappa shape index (κ1) is 15.0. The smallest absolute Gasteiger partial charge is 0.409 e. The highest BCUT2D eigenvalue weighted by Gasteiger charge is 2.24. The van der Waals surface area contributed by atoms with E-state index in [1.807, 2.05) is 31.2 Å². The summed E-state index contributed by atoms with van der Waals surface area (Å²) in [6, 6.07) is 7.81. The Morgan fingerprint density at radius 2 is 1.73 bits per heavy atom. The van der Waals surface area contributed by atoms with Gasteiger partial charge in [0, 0.05) is 30.7 Å². The number of carbonyl (C=O) groups excluding carboxylic acids is 1. The van der Waals surface area contributed by atoms with Crippen molar-refractivity contribution in [1.29, 1.82) is 0 Å². The van der Waals surface area contributed by atoms with E-state index in [9.17, 15) is 4.79 Å². The lowest BCUT2D eigenvalue weighted by atomic mass is 10.3. The van der Waals surface area contributed by atoms with Crippen LogP contribution in [0, 0.1) is 0 Å². The van der Waals surface area contributed by atoms with Crippen molar-refractivity contribution in [2.45, 2.75) is 6.92 Å². The number of halogens is 1. The largest absolute Gasteiger partial charge is 0.450 e. The number of rotatable bonds is 2. The Morgan fingerprint density at radius 1 is 1.14 bits per heavy atom. The molecular weight excluding hydrogens is 348 g/mol. The number of carbonyl (C=O) groups is 1. The fraction of sp³-hybridized carbons (Fsp3) is 0.400. The van der Waals surface area contributed by atoms with Crippen molar-refractivity contribution in [3.05, 3.63) is 28.7 Å². The Morgan fingerprint density at radius 3 is 2.27 bits per heavy atom. The maximum atomic E-state index is 11.7. The molecule has 1 saturated heterocycles. The van der Waals surface area contributed by atoms with Crippen molar-refractivity contribution in [2.75, 3.05) is 37.7 Å². The third kappa shape index (κ3) is 3.14. The van der Waals surface area contributed by atoms with Crippen LogP contribution >= 0.6 is 15.9 Å². The molecule has 6 nitrogen and oxygen atoms in total. The summed E-state index contributed by atoms with van der Waals surface area (Å²) in [6.45, 7) is 4.90. The van der Waals surface area contributed by atoms with E-state index in [1.54, 1.807) is 4.90 Å². The van der Waals surface area contributed by atoms with Gasteiger partial charge in [-0.15, -0.1) is 0 Å². The SMILES string of the molecule is CCOC(=O)N1CCN(c2nc3ccc(Br)ccc-3n2)CC1. The third-order valence-corrected chi connectivity index (χ3v) is 4.12. The van der Waals surface area contributed by atoms with Gasteiger partial charge in [-0.25, -0.2) is 14.8 Å². The van der Waals surface area contributed by atoms with Crippen LogP contribution in [0.25, 0.3) is 11.4 Å². The molecule has 1 fully saturated rings. The molecule has 0 bridgehead atoms. The summed E-state index contributed by atoms with van der Waals surface area (Å²) >= 11 is 3.44.